The van der Waals surface area contributed by atoms with Crippen molar-refractivity contribution in [2.24, 2.45) is 5.41 Å². The van der Waals surface area contributed by atoms with Crippen LogP contribution in [0.25, 0.3) is 0 Å². The van der Waals surface area contributed by atoms with Crippen LogP contribution in [0.3, 0.4) is 0 Å². The first kappa shape index (κ1) is 14.7. The zero-order chi connectivity index (χ0) is 13.6. The number of thiol groups is 1. The third-order valence-electron chi connectivity index (χ3n) is 3.72. The van der Waals surface area contributed by atoms with Gasteiger partial charge in [0.1, 0.15) is 5.75 Å². The smallest absolute Gasteiger partial charge is 0.118 e. The van der Waals surface area contributed by atoms with E-state index in [1.165, 1.54) is 5.56 Å². The average Bonchev–Trinajstić information content (AvgIpc) is 2.49. The van der Waals surface area contributed by atoms with Crippen LogP contribution in [0, 0.1) is 5.41 Å². The van der Waals surface area contributed by atoms with Gasteiger partial charge in [-0.1, -0.05) is 12.1 Å². The zero-order valence-corrected chi connectivity index (χ0v) is 12.3. The van der Waals surface area contributed by atoms with Crippen molar-refractivity contribution < 1.29 is 14.2 Å². The van der Waals surface area contributed by atoms with Crippen LogP contribution in [-0.4, -0.2) is 32.7 Å². The molecule has 0 spiro atoms. The van der Waals surface area contributed by atoms with Crippen molar-refractivity contribution in [1.29, 1.82) is 0 Å². The van der Waals surface area contributed by atoms with Crippen LogP contribution in [0.15, 0.2) is 24.3 Å². The minimum absolute atomic E-state index is 0.188. The molecule has 1 saturated heterocycles. The lowest BCUT2D eigenvalue weighted by atomic mass is 9.83. The lowest BCUT2D eigenvalue weighted by Crippen LogP contribution is -2.35. The number of benzene rings is 1. The molecule has 1 heterocycles. The van der Waals surface area contributed by atoms with Crippen LogP contribution in [0.1, 0.15) is 18.4 Å². The van der Waals surface area contributed by atoms with Crippen molar-refractivity contribution in [3.05, 3.63) is 29.8 Å². The van der Waals surface area contributed by atoms with Gasteiger partial charge >= 0.3 is 0 Å². The minimum Gasteiger partial charge on any atom is -0.497 e. The molecule has 0 radical (unpaired) electrons. The minimum atomic E-state index is 0.188. The first-order valence-corrected chi connectivity index (χ1v) is 7.30. The van der Waals surface area contributed by atoms with Gasteiger partial charge < -0.3 is 14.2 Å². The molecule has 1 aliphatic rings. The maximum absolute atomic E-state index is 5.88. The topological polar surface area (TPSA) is 27.7 Å². The van der Waals surface area contributed by atoms with Gasteiger partial charge in [-0.05, 0) is 36.3 Å². The highest BCUT2D eigenvalue weighted by atomic mass is 32.1. The fraction of sp³-hybridized carbons (Fsp3) is 0.600. The first-order valence-electron chi connectivity index (χ1n) is 6.67. The molecular formula is C15H22O3S. The molecule has 1 aromatic rings. The highest BCUT2D eigenvalue weighted by molar-refractivity contribution is 7.80. The quantitative estimate of drug-likeness (QED) is 0.813. The van der Waals surface area contributed by atoms with Crippen LogP contribution in [-0.2, 0) is 16.1 Å². The summed E-state index contributed by atoms with van der Waals surface area (Å²) in [6.45, 7) is 3.05. The van der Waals surface area contributed by atoms with Crippen LogP contribution in [0.4, 0.5) is 0 Å². The van der Waals surface area contributed by atoms with Gasteiger partial charge in [0.15, 0.2) is 0 Å². The molecule has 106 valence electrons. The maximum Gasteiger partial charge on any atom is 0.118 e. The largest absolute Gasteiger partial charge is 0.497 e. The molecule has 4 heteroatoms. The summed E-state index contributed by atoms with van der Waals surface area (Å²) in [4.78, 5) is 0. The van der Waals surface area contributed by atoms with Crippen LogP contribution in [0.5, 0.6) is 5.75 Å². The second-order valence-electron chi connectivity index (χ2n) is 5.11. The van der Waals surface area contributed by atoms with Gasteiger partial charge in [-0.2, -0.15) is 12.6 Å². The third-order valence-corrected chi connectivity index (χ3v) is 4.40. The van der Waals surface area contributed by atoms with Gasteiger partial charge in [0.25, 0.3) is 0 Å². The number of hydrogen-bond acceptors (Lipinski definition) is 4. The fourth-order valence-electron chi connectivity index (χ4n) is 2.26. The predicted octanol–water partition coefficient (Wildman–Crippen LogP) is 2.94. The Balaban J connectivity index is 1.81. The lowest BCUT2D eigenvalue weighted by Gasteiger charge is -2.35. The summed E-state index contributed by atoms with van der Waals surface area (Å²) in [7, 11) is 1.67. The van der Waals surface area contributed by atoms with Crippen molar-refractivity contribution in [2.75, 3.05) is 32.7 Å². The van der Waals surface area contributed by atoms with Crippen molar-refractivity contribution in [3.8, 4) is 5.75 Å². The molecule has 0 atom stereocenters. The molecule has 0 N–H and O–H groups in total. The Kier molecular flexibility index (Phi) is 5.55. The Hall–Kier alpha value is -0.710. The molecule has 0 bridgehead atoms. The number of hydrogen-bond donors (Lipinski definition) is 1. The summed E-state index contributed by atoms with van der Waals surface area (Å²) in [5.74, 6) is 1.74. The van der Waals surface area contributed by atoms with Gasteiger partial charge in [0.05, 0.1) is 20.3 Å². The van der Waals surface area contributed by atoms with Crippen molar-refractivity contribution in [1.82, 2.24) is 0 Å². The summed E-state index contributed by atoms with van der Waals surface area (Å²) < 4.78 is 16.4. The molecule has 19 heavy (non-hydrogen) atoms. The standard InChI is InChI=1S/C15H22O3S/c1-16-14-4-2-13(3-5-14)10-18-11-15(12-19)6-8-17-9-7-15/h2-5,19H,6-12H2,1H3. The van der Waals surface area contributed by atoms with Crippen molar-refractivity contribution in [2.45, 2.75) is 19.4 Å². The van der Waals surface area contributed by atoms with E-state index in [1.54, 1.807) is 7.11 Å². The number of methoxy groups -OCH3 is 1. The van der Waals surface area contributed by atoms with Crippen molar-refractivity contribution in [3.63, 3.8) is 0 Å². The molecule has 1 aromatic carbocycles. The summed E-state index contributed by atoms with van der Waals surface area (Å²) in [5.41, 5.74) is 1.36. The molecule has 1 fully saturated rings. The summed E-state index contributed by atoms with van der Waals surface area (Å²) in [5, 5.41) is 0. The van der Waals surface area contributed by atoms with E-state index in [4.69, 9.17) is 14.2 Å². The summed E-state index contributed by atoms with van der Waals surface area (Å²) >= 11 is 4.48. The number of ether oxygens (including phenoxy) is 3. The van der Waals surface area contributed by atoms with E-state index in [2.05, 4.69) is 12.6 Å². The van der Waals surface area contributed by atoms with Crippen LogP contribution < -0.4 is 4.74 Å². The maximum atomic E-state index is 5.88. The van der Waals surface area contributed by atoms with E-state index < -0.39 is 0 Å². The third kappa shape index (κ3) is 4.13. The monoisotopic (exact) mass is 282 g/mol. The molecule has 0 amide bonds. The second kappa shape index (κ2) is 7.17. The van der Waals surface area contributed by atoms with E-state index in [-0.39, 0.29) is 5.41 Å². The Bertz CT molecular complexity index is 371. The lowest BCUT2D eigenvalue weighted by molar-refractivity contribution is -0.0315. The van der Waals surface area contributed by atoms with Gasteiger partial charge in [-0.3, -0.25) is 0 Å². The van der Waals surface area contributed by atoms with Gasteiger partial charge in [0.2, 0.25) is 0 Å². The molecule has 0 aliphatic carbocycles. The Morgan fingerprint density at radius 2 is 1.89 bits per heavy atom. The van der Waals surface area contributed by atoms with E-state index in [1.807, 2.05) is 24.3 Å². The molecule has 3 nitrogen and oxygen atoms in total. The van der Waals surface area contributed by atoms with E-state index in [9.17, 15) is 0 Å². The Morgan fingerprint density at radius 1 is 1.21 bits per heavy atom. The van der Waals surface area contributed by atoms with Gasteiger partial charge in [-0.15, -0.1) is 0 Å². The molecule has 0 saturated carbocycles. The fourth-order valence-corrected chi connectivity index (χ4v) is 2.67. The Morgan fingerprint density at radius 3 is 2.47 bits per heavy atom. The van der Waals surface area contributed by atoms with Gasteiger partial charge in [-0.25, -0.2) is 0 Å². The molecule has 0 aromatic heterocycles. The molecule has 1 aliphatic heterocycles. The van der Waals surface area contributed by atoms with E-state index in [0.29, 0.717) is 6.61 Å². The average molecular weight is 282 g/mol. The van der Waals surface area contributed by atoms with Crippen molar-refractivity contribution >= 4 is 12.6 Å². The highest BCUT2D eigenvalue weighted by Gasteiger charge is 2.31. The predicted molar refractivity (Wildman–Crippen MR) is 79.0 cm³/mol. The van der Waals surface area contributed by atoms with E-state index >= 15 is 0 Å². The normalized spacial score (nSPS) is 18.2. The summed E-state index contributed by atoms with van der Waals surface area (Å²) in [6.07, 6.45) is 2.08. The molecular weight excluding hydrogens is 260 g/mol. The highest BCUT2D eigenvalue weighted by Crippen LogP contribution is 2.32. The van der Waals surface area contributed by atoms with Crippen LogP contribution >= 0.6 is 12.6 Å². The molecule has 2 rings (SSSR count). The zero-order valence-electron chi connectivity index (χ0n) is 11.4. The number of rotatable bonds is 6. The molecule has 0 unspecified atom stereocenters. The SMILES string of the molecule is COc1ccc(COCC2(CS)CCOCC2)cc1. The van der Waals surface area contributed by atoms with Gasteiger partial charge in [0, 0.05) is 18.6 Å². The first-order chi connectivity index (χ1) is 9.28. The Labute approximate surface area is 120 Å². The second-order valence-corrected chi connectivity index (χ2v) is 5.43. The summed E-state index contributed by atoms with van der Waals surface area (Å²) in [6, 6.07) is 8.00. The van der Waals surface area contributed by atoms with E-state index in [0.717, 1.165) is 44.2 Å². The van der Waals surface area contributed by atoms with Crippen LogP contribution in [0.2, 0.25) is 0 Å².